The predicted molar refractivity (Wildman–Crippen MR) is 113 cm³/mol. The summed E-state index contributed by atoms with van der Waals surface area (Å²) in [6.45, 7) is 5.48. The number of carbonyl (C=O) groups excluding carboxylic acids is 1. The molecule has 0 atom stereocenters. The van der Waals surface area contributed by atoms with Gasteiger partial charge in [0.2, 0.25) is 15.9 Å². The molecule has 1 fully saturated rings. The molecule has 1 aliphatic rings. The highest BCUT2D eigenvalue weighted by Gasteiger charge is 2.27. The highest BCUT2D eigenvalue weighted by molar-refractivity contribution is 7.89. The van der Waals surface area contributed by atoms with Gasteiger partial charge in [0, 0.05) is 37.4 Å². The van der Waals surface area contributed by atoms with Crippen molar-refractivity contribution in [3.63, 3.8) is 0 Å². The van der Waals surface area contributed by atoms with E-state index in [1.807, 2.05) is 24.3 Å². The van der Waals surface area contributed by atoms with E-state index in [0.29, 0.717) is 24.5 Å². The van der Waals surface area contributed by atoms with Crippen molar-refractivity contribution in [1.29, 1.82) is 0 Å². The van der Waals surface area contributed by atoms with E-state index in [2.05, 4.69) is 17.1 Å². The largest absolute Gasteiger partial charge is 0.496 e. The number of para-hydroxylation sites is 1. The molecule has 29 heavy (non-hydrogen) atoms. The third-order valence-corrected chi connectivity index (χ3v) is 7.01. The highest BCUT2D eigenvalue weighted by Crippen LogP contribution is 2.21. The number of amides is 1. The van der Waals surface area contributed by atoms with Gasteiger partial charge in [-0.3, -0.25) is 4.79 Å². The maximum absolute atomic E-state index is 12.8. The number of nitrogens with one attached hydrogen (secondary N) is 1. The maximum Gasteiger partial charge on any atom is 0.243 e. The van der Waals surface area contributed by atoms with Crippen LogP contribution in [0.15, 0.2) is 53.4 Å². The molecule has 1 aliphatic heterocycles. The minimum Gasteiger partial charge on any atom is -0.496 e. The molecular weight excluding hydrogens is 390 g/mol. The van der Waals surface area contributed by atoms with E-state index in [9.17, 15) is 13.2 Å². The number of hydrogen-bond donors (Lipinski definition) is 1. The van der Waals surface area contributed by atoms with Crippen molar-refractivity contribution in [1.82, 2.24) is 9.21 Å². The third-order valence-electron chi connectivity index (χ3n) is 5.10. The Morgan fingerprint density at radius 1 is 1.03 bits per heavy atom. The molecular formula is C21H27N3O4S. The number of anilines is 1. The Balaban J connectivity index is 1.63. The molecule has 7 nitrogen and oxygen atoms in total. The van der Waals surface area contributed by atoms with Crippen LogP contribution in [0.25, 0.3) is 0 Å². The number of sulfonamides is 1. The molecule has 0 spiro atoms. The van der Waals surface area contributed by atoms with Crippen LogP contribution >= 0.6 is 0 Å². The van der Waals surface area contributed by atoms with Gasteiger partial charge in [-0.2, -0.15) is 4.31 Å². The van der Waals surface area contributed by atoms with Gasteiger partial charge in [-0.05, 0) is 36.9 Å². The van der Waals surface area contributed by atoms with Crippen molar-refractivity contribution in [2.24, 2.45) is 0 Å². The van der Waals surface area contributed by atoms with Crippen LogP contribution in [0.1, 0.15) is 12.5 Å². The van der Waals surface area contributed by atoms with Gasteiger partial charge in [0.1, 0.15) is 5.75 Å². The third kappa shape index (κ3) is 5.14. The van der Waals surface area contributed by atoms with Crippen LogP contribution < -0.4 is 10.1 Å². The molecule has 0 aromatic heterocycles. The van der Waals surface area contributed by atoms with Gasteiger partial charge >= 0.3 is 0 Å². The first-order valence-corrected chi connectivity index (χ1v) is 11.1. The normalized spacial score (nSPS) is 15.8. The molecule has 156 valence electrons. The Bertz CT molecular complexity index is 937. The maximum atomic E-state index is 12.8. The topological polar surface area (TPSA) is 79.0 Å². The van der Waals surface area contributed by atoms with Crippen LogP contribution in [0.3, 0.4) is 0 Å². The number of carbonyl (C=O) groups is 1. The molecule has 0 radical (unpaired) electrons. The number of likely N-dealkylation sites (N-methyl/N-ethyl adjacent to an activating group) is 1. The molecule has 1 N–H and O–H groups in total. The van der Waals surface area contributed by atoms with Crippen molar-refractivity contribution in [3.8, 4) is 5.75 Å². The van der Waals surface area contributed by atoms with Crippen LogP contribution in [0, 0.1) is 0 Å². The number of hydrogen-bond acceptors (Lipinski definition) is 5. The zero-order chi connectivity index (χ0) is 20.9. The first kappa shape index (κ1) is 21.3. The summed E-state index contributed by atoms with van der Waals surface area (Å²) in [6.07, 6.45) is 0.172. The van der Waals surface area contributed by atoms with Gasteiger partial charge < -0.3 is 15.0 Å². The second kappa shape index (κ2) is 9.39. The highest BCUT2D eigenvalue weighted by atomic mass is 32.2. The van der Waals surface area contributed by atoms with E-state index in [1.165, 1.54) is 4.31 Å². The summed E-state index contributed by atoms with van der Waals surface area (Å²) >= 11 is 0. The molecule has 8 heteroatoms. The Kier molecular flexibility index (Phi) is 6.89. The predicted octanol–water partition coefficient (Wildman–Crippen LogP) is 2.20. The smallest absolute Gasteiger partial charge is 0.243 e. The standard InChI is InChI=1S/C21H27N3O4S/c1-3-23-12-14-24(15-13-23)29(26,27)19-10-8-18(9-11-19)22-21(25)16-17-6-4-5-7-20(17)28-2/h4-11H,3,12-16H2,1-2H3,(H,22,25). The SMILES string of the molecule is CCN1CCN(S(=O)(=O)c2ccc(NC(=O)Cc3ccccc3OC)cc2)CC1. The summed E-state index contributed by atoms with van der Waals surface area (Å²) in [5.41, 5.74) is 1.34. The zero-order valence-corrected chi connectivity index (χ0v) is 17.6. The summed E-state index contributed by atoms with van der Waals surface area (Å²) in [6, 6.07) is 13.7. The minimum atomic E-state index is -3.52. The molecule has 1 saturated heterocycles. The first-order valence-electron chi connectivity index (χ1n) is 9.68. The van der Waals surface area contributed by atoms with Gasteiger partial charge in [-0.15, -0.1) is 0 Å². The quantitative estimate of drug-likeness (QED) is 0.747. The van der Waals surface area contributed by atoms with Crippen molar-refractivity contribution in [2.75, 3.05) is 45.2 Å². The van der Waals surface area contributed by atoms with E-state index in [0.717, 1.165) is 25.2 Å². The van der Waals surface area contributed by atoms with E-state index in [4.69, 9.17) is 4.74 Å². The lowest BCUT2D eigenvalue weighted by molar-refractivity contribution is -0.115. The Labute approximate surface area is 172 Å². The molecule has 1 heterocycles. The lowest BCUT2D eigenvalue weighted by atomic mass is 10.1. The molecule has 1 amide bonds. The van der Waals surface area contributed by atoms with E-state index in [1.54, 1.807) is 31.4 Å². The fraction of sp³-hybridized carbons (Fsp3) is 0.381. The number of benzene rings is 2. The van der Waals surface area contributed by atoms with Crippen LogP contribution in [0.4, 0.5) is 5.69 Å². The fourth-order valence-corrected chi connectivity index (χ4v) is 4.79. The molecule has 2 aromatic carbocycles. The summed E-state index contributed by atoms with van der Waals surface area (Å²) < 4.78 is 32.5. The van der Waals surface area contributed by atoms with Gasteiger partial charge in [-0.1, -0.05) is 25.1 Å². The lowest BCUT2D eigenvalue weighted by Gasteiger charge is -2.33. The molecule has 0 aliphatic carbocycles. The van der Waals surface area contributed by atoms with Crippen LogP contribution in [-0.2, 0) is 21.2 Å². The number of rotatable bonds is 7. The van der Waals surface area contributed by atoms with E-state index >= 15 is 0 Å². The molecule has 0 saturated carbocycles. The van der Waals surface area contributed by atoms with Gasteiger partial charge in [0.05, 0.1) is 18.4 Å². The van der Waals surface area contributed by atoms with Crippen molar-refractivity contribution < 1.29 is 17.9 Å². The average molecular weight is 418 g/mol. The minimum absolute atomic E-state index is 0.172. The average Bonchev–Trinajstić information content (AvgIpc) is 2.74. The van der Waals surface area contributed by atoms with Crippen molar-refractivity contribution in [3.05, 3.63) is 54.1 Å². The fourth-order valence-electron chi connectivity index (χ4n) is 3.37. The van der Waals surface area contributed by atoms with E-state index < -0.39 is 10.0 Å². The second-order valence-electron chi connectivity index (χ2n) is 6.90. The van der Waals surface area contributed by atoms with Gasteiger partial charge in [-0.25, -0.2) is 8.42 Å². The Morgan fingerprint density at radius 2 is 1.69 bits per heavy atom. The Morgan fingerprint density at radius 3 is 2.31 bits per heavy atom. The first-order chi connectivity index (χ1) is 13.9. The lowest BCUT2D eigenvalue weighted by Crippen LogP contribution is -2.48. The molecule has 0 unspecified atom stereocenters. The van der Waals surface area contributed by atoms with E-state index in [-0.39, 0.29) is 17.2 Å². The molecule has 2 aromatic rings. The molecule has 0 bridgehead atoms. The summed E-state index contributed by atoms with van der Waals surface area (Å²) in [7, 11) is -1.95. The van der Waals surface area contributed by atoms with Crippen LogP contribution in [0.5, 0.6) is 5.75 Å². The summed E-state index contributed by atoms with van der Waals surface area (Å²) in [5, 5.41) is 2.80. The van der Waals surface area contributed by atoms with Crippen LogP contribution in [0.2, 0.25) is 0 Å². The summed E-state index contributed by atoms with van der Waals surface area (Å²) in [4.78, 5) is 14.8. The number of piperazine rings is 1. The van der Waals surface area contributed by atoms with Gasteiger partial charge in [0.25, 0.3) is 0 Å². The van der Waals surface area contributed by atoms with Crippen LogP contribution in [-0.4, -0.2) is 63.4 Å². The number of nitrogens with zero attached hydrogens (tertiary/aromatic N) is 2. The summed E-state index contributed by atoms with van der Waals surface area (Å²) in [5.74, 6) is 0.466. The second-order valence-corrected chi connectivity index (χ2v) is 8.84. The van der Waals surface area contributed by atoms with Crippen molar-refractivity contribution >= 4 is 21.6 Å². The number of ether oxygens (including phenoxy) is 1. The van der Waals surface area contributed by atoms with Gasteiger partial charge in [0.15, 0.2) is 0 Å². The zero-order valence-electron chi connectivity index (χ0n) is 16.8. The Hall–Kier alpha value is -2.42. The number of methoxy groups -OCH3 is 1. The van der Waals surface area contributed by atoms with Crippen molar-refractivity contribution in [2.45, 2.75) is 18.2 Å². The monoisotopic (exact) mass is 417 g/mol. The molecule has 3 rings (SSSR count).